The predicted octanol–water partition coefficient (Wildman–Crippen LogP) is 5.49. The molecule has 2 aliphatic rings. The number of amidine groups is 1. The molecule has 12 heteroatoms. The Kier molecular flexibility index (Phi) is 6.45. The summed E-state index contributed by atoms with van der Waals surface area (Å²) in [7, 11) is -0.653. The van der Waals surface area contributed by atoms with Crippen molar-refractivity contribution in [3.63, 3.8) is 0 Å². The first-order chi connectivity index (χ1) is 18.5. The number of nitro groups is 1. The molecule has 0 unspecified atom stereocenters. The number of para-hydroxylation sites is 1. The Morgan fingerprint density at radius 1 is 1.05 bits per heavy atom. The maximum absolute atomic E-state index is 11.3. The summed E-state index contributed by atoms with van der Waals surface area (Å²) >= 11 is 1.63. The van der Waals surface area contributed by atoms with Crippen LogP contribution in [-0.4, -0.2) is 63.2 Å². The van der Waals surface area contributed by atoms with E-state index in [4.69, 9.17) is 19.6 Å². The molecule has 2 aliphatic heterocycles. The number of aliphatic imine (C=N–C) groups is 1. The molecule has 2 aromatic carbocycles. The monoisotopic (exact) mass is 547 g/mol. The number of ether oxygens (including phenoxy) is 1. The molecule has 1 atom stereocenters. The first kappa shape index (κ1) is 24.7. The molecule has 4 heterocycles. The summed E-state index contributed by atoms with van der Waals surface area (Å²) in [5.74, 6) is 1.59. The summed E-state index contributed by atoms with van der Waals surface area (Å²) in [5, 5.41) is 19.3. The Hall–Kier alpha value is -3.63. The average Bonchev–Trinajstić information content (AvgIpc) is 3.60. The Balaban J connectivity index is 1.68. The number of thiophene rings is 1. The van der Waals surface area contributed by atoms with E-state index < -0.39 is 12.3 Å². The van der Waals surface area contributed by atoms with Crippen LogP contribution < -0.4 is 5.30 Å². The topological polar surface area (TPSA) is 101 Å². The molecule has 4 aromatic rings. The SMILES string of the molecule is Cc1nn(-c2ccccc2)c2c1[P@@](=Nc1ccc([N+](=O)[O-])cc1)(N1CCOCC1)N(C)C(c1cccs1)=N2. The van der Waals surface area contributed by atoms with Gasteiger partial charge in [-0.25, -0.2) is 19.1 Å². The molecule has 194 valence electrons. The Labute approximate surface area is 224 Å². The minimum atomic E-state index is -2.71. The Bertz CT molecular complexity index is 1560. The molecule has 38 heavy (non-hydrogen) atoms. The number of hydrogen-bond donors (Lipinski definition) is 0. The highest BCUT2D eigenvalue weighted by atomic mass is 32.1. The molecule has 1 saturated heterocycles. The van der Waals surface area contributed by atoms with Gasteiger partial charge in [-0.15, -0.1) is 11.3 Å². The fourth-order valence-corrected chi connectivity index (χ4v) is 9.55. The Morgan fingerprint density at radius 3 is 2.45 bits per heavy atom. The van der Waals surface area contributed by atoms with Crippen LogP contribution in [0.2, 0.25) is 0 Å². The lowest BCUT2D eigenvalue weighted by atomic mass is 10.3. The second-order valence-electron chi connectivity index (χ2n) is 8.95. The minimum absolute atomic E-state index is 0.0364. The molecule has 0 bridgehead atoms. The predicted molar refractivity (Wildman–Crippen MR) is 151 cm³/mol. The highest BCUT2D eigenvalue weighted by molar-refractivity contribution is 7.70. The van der Waals surface area contributed by atoms with Crippen molar-refractivity contribution in [1.82, 2.24) is 19.1 Å². The van der Waals surface area contributed by atoms with Crippen LogP contribution in [0.5, 0.6) is 0 Å². The van der Waals surface area contributed by atoms with Crippen LogP contribution in [0.1, 0.15) is 10.6 Å². The van der Waals surface area contributed by atoms with Gasteiger partial charge in [0.15, 0.2) is 19.0 Å². The van der Waals surface area contributed by atoms with Crippen LogP contribution in [-0.2, 0) is 4.74 Å². The lowest BCUT2D eigenvalue weighted by Crippen LogP contribution is -2.45. The smallest absolute Gasteiger partial charge is 0.269 e. The summed E-state index contributed by atoms with van der Waals surface area (Å²) in [6.07, 6.45) is 0. The van der Waals surface area contributed by atoms with Crippen molar-refractivity contribution in [3.05, 3.63) is 92.8 Å². The lowest BCUT2D eigenvalue weighted by molar-refractivity contribution is -0.384. The van der Waals surface area contributed by atoms with Gasteiger partial charge in [-0.2, -0.15) is 5.10 Å². The van der Waals surface area contributed by atoms with Gasteiger partial charge in [0.1, 0.15) is 0 Å². The van der Waals surface area contributed by atoms with E-state index in [0.29, 0.717) is 32.0 Å². The van der Waals surface area contributed by atoms with Crippen LogP contribution >= 0.6 is 18.7 Å². The Morgan fingerprint density at radius 2 is 1.79 bits per heavy atom. The van der Waals surface area contributed by atoms with Crippen molar-refractivity contribution in [2.24, 2.45) is 9.74 Å². The van der Waals surface area contributed by atoms with Gasteiger partial charge < -0.3 is 9.41 Å². The maximum Gasteiger partial charge on any atom is 0.269 e. The quantitative estimate of drug-likeness (QED) is 0.186. The average molecular weight is 548 g/mol. The largest absolute Gasteiger partial charge is 0.379 e. The van der Waals surface area contributed by atoms with Crippen molar-refractivity contribution >= 4 is 47.0 Å². The van der Waals surface area contributed by atoms with Gasteiger partial charge in [0.2, 0.25) is 0 Å². The molecule has 0 amide bonds. The van der Waals surface area contributed by atoms with Crippen LogP contribution in [0, 0.1) is 17.0 Å². The normalized spacial score (nSPS) is 19.6. The second kappa shape index (κ2) is 9.92. The number of nitro benzene ring substituents is 1. The van der Waals surface area contributed by atoms with E-state index in [0.717, 1.165) is 33.2 Å². The van der Waals surface area contributed by atoms with Crippen LogP contribution in [0.3, 0.4) is 0 Å². The van der Waals surface area contributed by atoms with E-state index in [1.165, 1.54) is 12.1 Å². The summed E-state index contributed by atoms with van der Waals surface area (Å²) in [4.78, 5) is 17.2. The van der Waals surface area contributed by atoms with Gasteiger partial charge in [0.25, 0.3) is 5.69 Å². The fraction of sp³-hybridized carbons (Fsp3) is 0.231. The lowest BCUT2D eigenvalue weighted by Gasteiger charge is -2.46. The third kappa shape index (κ3) is 4.08. The molecule has 6 rings (SSSR count). The molecule has 0 N–H and O–H groups in total. The molecular formula is C26H26N7O3PS. The number of fused-ring (bicyclic) bond motifs is 1. The fourth-order valence-electron chi connectivity index (χ4n) is 4.93. The number of non-ortho nitro benzene ring substituents is 1. The third-order valence-electron chi connectivity index (χ3n) is 6.68. The highest BCUT2D eigenvalue weighted by Gasteiger charge is 2.45. The van der Waals surface area contributed by atoms with Crippen LogP contribution in [0.25, 0.3) is 5.69 Å². The van der Waals surface area contributed by atoms with Gasteiger partial charge in [0.05, 0.1) is 45.4 Å². The van der Waals surface area contributed by atoms with Gasteiger partial charge >= 0.3 is 0 Å². The number of aromatic nitrogens is 2. The number of nitrogens with zero attached hydrogens (tertiary/aromatic N) is 7. The van der Waals surface area contributed by atoms with E-state index in [-0.39, 0.29) is 5.69 Å². The van der Waals surface area contributed by atoms with E-state index in [9.17, 15) is 10.1 Å². The van der Waals surface area contributed by atoms with Crippen molar-refractivity contribution in [2.45, 2.75) is 6.92 Å². The third-order valence-corrected chi connectivity index (χ3v) is 11.4. The molecular weight excluding hydrogens is 521 g/mol. The molecule has 10 nitrogen and oxygen atoms in total. The van der Waals surface area contributed by atoms with Gasteiger partial charge in [-0.3, -0.25) is 10.1 Å². The summed E-state index contributed by atoms with van der Waals surface area (Å²) in [6.45, 7) is 4.60. The number of aryl methyl sites for hydroxylation is 1. The van der Waals surface area contributed by atoms with Crippen molar-refractivity contribution in [2.75, 3.05) is 33.4 Å². The van der Waals surface area contributed by atoms with Crippen LogP contribution in [0.15, 0.2) is 81.8 Å². The van der Waals surface area contributed by atoms with E-state index in [2.05, 4.69) is 22.5 Å². The summed E-state index contributed by atoms with van der Waals surface area (Å²) in [5.41, 5.74) is 2.49. The van der Waals surface area contributed by atoms with E-state index in [1.807, 2.05) is 53.4 Å². The standard InChI is InChI=1S/C26H26N7O3PS/c1-19-24-26(32(28-19)21-7-4-3-5-8-21)27-25(23-9-6-18-38-23)30(2)37(24,31-14-16-36-17-15-31)29-20-10-12-22(13-11-20)33(34)35/h3-13,18H,14-17H2,1-2H3/t37-/m0/s1. The molecule has 2 aromatic heterocycles. The van der Waals surface area contributed by atoms with Gasteiger partial charge in [0, 0.05) is 32.3 Å². The van der Waals surface area contributed by atoms with Crippen molar-refractivity contribution in [3.8, 4) is 5.69 Å². The molecule has 0 aliphatic carbocycles. The van der Waals surface area contributed by atoms with Crippen molar-refractivity contribution in [1.29, 1.82) is 0 Å². The maximum atomic E-state index is 11.3. The van der Waals surface area contributed by atoms with E-state index >= 15 is 0 Å². The molecule has 1 fully saturated rings. The first-order valence-electron chi connectivity index (χ1n) is 12.2. The highest BCUT2D eigenvalue weighted by Crippen LogP contribution is 2.62. The molecule has 0 spiro atoms. The zero-order chi connectivity index (χ0) is 26.3. The van der Waals surface area contributed by atoms with Gasteiger partial charge in [-0.1, -0.05) is 24.3 Å². The number of rotatable bonds is 5. The van der Waals surface area contributed by atoms with Gasteiger partial charge in [-0.05, 0) is 42.6 Å². The molecule has 0 radical (unpaired) electrons. The van der Waals surface area contributed by atoms with Crippen LogP contribution in [0.4, 0.5) is 17.2 Å². The first-order valence-corrected chi connectivity index (χ1v) is 14.7. The minimum Gasteiger partial charge on any atom is -0.379 e. The molecule has 0 saturated carbocycles. The second-order valence-corrected chi connectivity index (χ2v) is 12.8. The van der Waals surface area contributed by atoms with E-state index in [1.54, 1.807) is 23.5 Å². The zero-order valence-corrected chi connectivity index (χ0v) is 22.7. The number of morpholine rings is 1. The summed E-state index contributed by atoms with van der Waals surface area (Å²) < 4.78 is 17.8. The summed E-state index contributed by atoms with van der Waals surface area (Å²) in [6, 6.07) is 20.6. The van der Waals surface area contributed by atoms with Crippen molar-refractivity contribution < 1.29 is 9.66 Å². The zero-order valence-electron chi connectivity index (χ0n) is 21.0. The number of benzene rings is 2. The number of hydrogen-bond acceptors (Lipinski definition) is 7.